The van der Waals surface area contributed by atoms with E-state index in [9.17, 15) is 4.79 Å². The quantitative estimate of drug-likeness (QED) is 0.773. The summed E-state index contributed by atoms with van der Waals surface area (Å²) in [6.45, 7) is 1.93. The molecule has 3 nitrogen and oxygen atoms in total. The zero-order chi connectivity index (χ0) is 11.7. The van der Waals surface area contributed by atoms with Gasteiger partial charge in [-0.25, -0.2) is 0 Å². The lowest BCUT2D eigenvalue weighted by Crippen LogP contribution is -2.41. The lowest BCUT2D eigenvalue weighted by atomic mass is 9.91. The molecular weight excluding hydrogens is 200 g/mol. The summed E-state index contributed by atoms with van der Waals surface area (Å²) < 4.78 is 0. The van der Waals surface area contributed by atoms with Gasteiger partial charge in [-0.05, 0) is 37.8 Å². The van der Waals surface area contributed by atoms with Gasteiger partial charge in [-0.1, -0.05) is 12.1 Å². The van der Waals surface area contributed by atoms with Crippen molar-refractivity contribution in [1.29, 1.82) is 0 Å². The molecule has 1 aliphatic rings. The van der Waals surface area contributed by atoms with E-state index in [1.54, 1.807) is 6.07 Å². The maximum atomic E-state index is 12.2. The number of aryl methyl sites for hydroxylation is 1. The van der Waals surface area contributed by atoms with Crippen molar-refractivity contribution in [2.24, 2.45) is 0 Å². The first kappa shape index (κ1) is 11.0. The van der Waals surface area contributed by atoms with Crippen LogP contribution in [0.5, 0.6) is 0 Å². The third kappa shape index (κ3) is 1.77. The normalized spacial score (nSPS) is 15.6. The van der Waals surface area contributed by atoms with Gasteiger partial charge in [0.25, 0.3) is 5.91 Å². The third-order valence-electron chi connectivity index (χ3n) is 3.50. The van der Waals surface area contributed by atoms with Gasteiger partial charge in [0.1, 0.15) is 0 Å². The summed E-state index contributed by atoms with van der Waals surface area (Å²) in [4.78, 5) is 14.0. The fraction of sp³-hybridized carbons (Fsp3) is 0.462. The van der Waals surface area contributed by atoms with Gasteiger partial charge in [0.2, 0.25) is 0 Å². The summed E-state index contributed by atoms with van der Waals surface area (Å²) in [5, 5.41) is 0. The van der Waals surface area contributed by atoms with Gasteiger partial charge >= 0.3 is 0 Å². The van der Waals surface area contributed by atoms with Crippen molar-refractivity contribution in [1.82, 2.24) is 4.90 Å². The van der Waals surface area contributed by atoms with Crippen LogP contribution in [0.1, 0.15) is 35.2 Å². The monoisotopic (exact) mass is 218 g/mol. The number of anilines is 1. The highest BCUT2D eigenvalue weighted by Gasteiger charge is 2.27. The first-order chi connectivity index (χ1) is 7.61. The third-order valence-corrected chi connectivity index (χ3v) is 3.50. The van der Waals surface area contributed by atoms with Crippen molar-refractivity contribution >= 4 is 11.6 Å². The van der Waals surface area contributed by atoms with Crippen molar-refractivity contribution in [3.63, 3.8) is 0 Å². The second kappa shape index (κ2) is 4.16. The van der Waals surface area contributed by atoms with Crippen LogP contribution in [0.3, 0.4) is 0 Å². The van der Waals surface area contributed by atoms with E-state index in [1.165, 1.54) is 6.42 Å². The predicted molar refractivity (Wildman–Crippen MR) is 65.3 cm³/mol. The Morgan fingerprint density at radius 3 is 2.69 bits per heavy atom. The molecule has 16 heavy (non-hydrogen) atoms. The number of benzene rings is 1. The van der Waals surface area contributed by atoms with Crippen molar-refractivity contribution in [3.05, 3.63) is 29.3 Å². The number of hydrogen-bond donors (Lipinski definition) is 1. The maximum Gasteiger partial charge on any atom is 0.255 e. The fourth-order valence-corrected chi connectivity index (χ4v) is 2.00. The van der Waals surface area contributed by atoms with E-state index in [4.69, 9.17) is 5.73 Å². The number of nitrogen functional groups attached to an aromatic ring is 1. The molecule has 86 valence electrons. The molecule has 1 aromatic carbocycles. The molecule has 0 bridgehead atoms. The average molecular weight is 218 g/mol. The molecule has 2 rings (SSSR count). The molecule has 0 spiro atoms. The molecule has 1 saturated carbocycles. The van der Waals surface area contributed by atoms with Crippen LogP contribution in [0, 0.1) is 6.92 Å². The van der Waals surface area contributed by atoms with Crippen LogP contribution in [-0.2, 0) is 0 Å². The topological polar surface area (TPSA) is 46.3 Å². The summed E-state index contributed by atoms with van der Waals surface area (Å²) in [5.74, 6) is 0.0471. The maximum absolute atomic E-state index is 12.2. The Bertz CT molecular complexity index is 410. The Morgan fingerprint density at radius 2 is 2.12 bits per heavy atom. The van der Waals surface area contributed by atoms with E-state index >= 15 is 0 Å². The van der Waals surface area contributed by atoms with Crippen LogP contribution >= 0.6 is 0 Å². The summed E-state index contributed by atoms with van der Waals surface area (Å²) in [6.07, 6.45) is 3.47. The molecule has 1 fully saturated rings. The van der Waals surface area contributed by atoms with Gasteiger partial charge in [-0.3, -0.25) is 4.79 Å². The molecule has 2 N–H and O–H groups in total. The Morgan fingerprint density at radius 1 is 1.44 bits per heavy atom. The minimum atomic E-state index is 0.0471. The van der Waals surface area contributed by atoms with Crippen LogP contribution in [0.4, 0.5) is 5.69 Å². The van der Waals surface area contributed by atoms with Crippen LogP contribution < -0.4 is 5.73 Å². The zero-order valence-corrected chi connectivity index (χ0v) is 9.86. The van der Waals surface area contributed by atoms with Crippen LogP contribution in [0.2, 0.25) is 0 Å². The molecule has 0 aliphatic heterocycles. The Kier molecular flexibility index (Phi) is 2.86. The van der Waals surface area contributed by atoms with E-state index in [1.807, 2.05) is 31.0 Å². The summed E-state index contributed by atoms with van der Waals surface area (Å²) in [5.41, 5.74) is 8.14. The number of hydrogen-bond acceptors (Lipinski definition) is 2. The van der Waals surface area contributed by atoms with Gasteiger partial charge in [0.15, 0.2) is 0 Å². The Labute approximate surface area is 96.2 Å². The minimum absolute atomic E-state index is 0.0471. The largest absolute Gasteiger partial charge is 0.398 e. The molecular formula is C13H18N2O. The van der Waals surface area contributed by atoms with E-state index in [2.05, 4.69) is 0 Å². The number of nitrogens with zero attached hydrogens (tertiary/aromatic N) is 1. The summed E-state index contributed by atoms with van der Waals surface area (Å²) in [7, 11) is 1.87. The molecule has 0 heterocycles. The van der Waals surface area contributed by atoms with Crippen molar-refractivity contribution in [2.45, 2.75) is 32.2 Å². The molecule has 0 atom stereocenters. The zero-order valence-electron chi connectivity index (χ0n) is 9.86. The second-order valence-electron chi connectivity index (χ2n) is 4.54. The predicted octanol–water partition coefficient (Wildman–Crippen LogP) is 2.20. The average Bonchev–Trinajstić information content (AvgIpc) is 2.18. The van der Waals surface area contributed by atoms with E-state index in [0.29, 0.717) is 17.3 Å². The number of carbonyl (C=O) groups is 1. The summed E-state index contributed by atoms with van der Waals surface area (Å²) >= 11 is 0. The van der Waals surface area contributed by atoms with Crippen LogP contribution in [-0.4, -0.2) is 23.9 Å². The number of carbonyl (C=O) groups excluding carboxylic acids is 1. The van der Waals surface area contributed by atoms with Crippen molar-refractivity contribution in [3.8, 4) is 0 Å². The van der Waals surface area contributed by atoms with Gasteiger partial charge < -0.3 is 10.6 Å². The van der Waals surface area contributed by atoms with E-state index in [-0.39, 0.29) is 5.91 Å². The van der Waals surface area contributed by atoms with Crippen LogP contribution in [0.25, 0.3) is 0 Å². The number of amides is 1. The molecule has 0 radical (unpaired) electrons. The van der Waals surface area contributed by atoms with Crippen molar-refractivity contribution < 1.29 is 4.79 Å². The molecule has 0 unspecified atom stereocenters. The van der Waals surface area contributed by atoms with Gasteiger partial charge in [0.05, 0.1) is 5.56 Å². The van der Waals surface area contributed by atoms with Crippen molar-refractivity contribution in [2.75, 3.05) is 12.8 Å². The lowest BCUT2D eigenvalue weighted by molar-refractivity contribution is 0.0653. The van der Waals surface area contributed by atoms with E-state index in [0.717, 1.165) is 18.4 Å². The molecule has 1 amide bonds. The SMILES string of the molecule is Cc1cccc(C(=O)N(C)C2CCC2)c1N. The minimum Gasteiger partial charge on any atom is -0.398 e. The smallest absolute Gasteiger partial charge is 0.255 e. The molecule has 0 saturated heterocycles. The highest BCUT2D eigenvalue weighted by molar-refractivity contribution is 5.99. The molecule has 0 aromatic heterocycles. The number of nitrogens with two attached hydrogens (primary N) is 1. The standard InChI is InChI=1S/C13H18N2O/c1-9-5-3-8-11(12(9)14)13(16)15(2)10-6-4-7-10/h3,5,8,10H,4,6-7,14H2,1-2H3. The van der Waals surface area contributed by atoms with Gasteiger partial charge in [-0.2, -0.15) is 0 Å². The highest BCUT2D eigenvalue weighted by Crippen LogP contribution is 2.26. The second-order valence-corrected chi connectivity index (χ2v) is 4.54. The first-order valence-electron chi connectivity index (χ1n) is 5.73. The Balaban J connectivity index is 2.22. The number of para-hydroxylation sites is 1. The van der Waals surface area contributed by atoms with E-state index < -0.39 is 0 Å². The fourth-order valence-electron chi connectivity index (χ4n) is 2.00. The number of rotatable bonds is 2. The molecule has 1 aromatic rings. The Hall–Kier alpha value is -1.51. The van der Waals surface area contributed by atoms with Gasteiger partial charge in [0, 0.05) is 18.8 Å². The van der Waals surface area contributed by atoms with Gasteiger partial charge in [-0.15, -0.1) is 0 Å². The first-order valence-corrected chi connectivity index (χ1v) is 5.73. The molecule has 3 heteroatoms. The highest BCUT2D eigenvalue weighted by atomic mass is 16.2. The summed E-state index contributed by atoms with van der Waals surface area (Å²) in [6, 6.07) is 6.02. The lowest BCUT2D eigenvalue weighted by Gasteiger charge is -2.35. The van der Waals surface area contributed by atoms with Crippen LogP contribution in [0.15, 0.2) is 18.2 Å². The molecule has 1 aliphatic carbocycles.